The molecule has 0 fully saturated rings. The number of benzene rings is 1. The molecule has 5 heteroatoms. The molecule has 0 spiro atoms. The fraction of sp³-hybridized carbons (Fsp3) is 0.529. The normalized spacial score (nSPS) is 14.6. The Balaban J connectivity index is 2.70. The average molecular weight is 307 g/mol. The van der Waals surface area contributed by atoms with E-state index in [2.05, 4.69) is 5.32 Å². The molecular formula is C17H25NO4. The second-order valence-corrected chi connectivity index (χ2v) is 5.47. The van der Waals surface area contributed by atoms with Crippen LogP contribution in [-0.2, 0) is 14.3 Å². The highest BCUT2D eigenvalue weighted by Crippen LogP contribution is 2.15. The molecule has 0 saturated heterocycles. The minimum absolute atomic E-state index is 0.0115. The van der Waals surface area contributed by atoms with E-state index in [1.54, 1.807) is 13.0 Å². The highest BCUT2D eigenvalue weighted by atomic mass is 16.5. The zero-order valence-corrected chi connectivity index (χ0v) is 13.9. The Bertz CT molecular complexity index is 515. The standard InChI is InChI=1S/C17H25NO4/c1-6-12(3)15(17(20)21-5)18-16(19)13(4)22-14-9-7-8-11(2)10-14/h7-10,12-13,15H,6H2,1-5H3,(H,18,19). The molecule has 122 valence electrons. The van der Waals surface area contributed by atoms with Gasteiger partial charge >= 0.3 is 5.97 Å². The third kappa shape index (κ3) is 5.06. The summed E-state index contributed by atoms with van der Waals surface area (Å²) in [6.45, 7) is 7.46. The maximum atomic E-state index is 12.2. The van der Waals surface area contributed by atoms with Crippen LogP contribution in [0.15, 0.2) is 24.3 Å². The fourth-order valence-corrected chi connectivity index (χ4v) is 2.01. The molecule has 0 bridgehead atoms. The van der Waals surface area contributed by atoms with Crippen LogP contribution in [0.2, 0.25) is 0 Å². The van der Waals surface area contributed by atoms with Gasteiger partial charge in [0.05, 0.1) is 7.11 Å². The lowest BCUT2D eigenvalue weighted by Crippen LogP contribution is -2.49. The van der Waals surface area contributed by atoms with Crippen LogP contribution in [-0.4, -0.2) is 31.1 Å². The minimum atomic E-state index is -0.696. The van der Waals surface area contributed by atoms with Crippen molar-refractivity contribution in [3.05, 3.63) is 29.8 Å². The van der Waals surface area contributed by atoms with Crippen molar-refractivity contribution in [2.75, 3.05) is 7.11 Å². The van der Waals surface area contributed by atoms with E-state index in [1.165, 1.54) is 7.11 Å². The van der Waals surface area contributed by atoms with Gasteiger partial charge in [0, 0.05) is 0 Å². The summed E-state index contributed by atoms with van der Waals surface area (Å²) in [6, 6.07) is 6.81. The van der Waals surface area contributed by atoms with Crippen molar-refractivity contribution in [1.29, 1.82) is 0 Å². The molecule has 22 heavy (non-hydrogen) atoms. The lowest BCUT2D eigenvalue weighted by atomic mass is 9.99. The maximum Gasteiger partial charge on any atom is 0.328 e. The molecule has 0 aliphatic heterocycles. The maximum absolute atomic E-state index is 12.2. The van der Waals surface area contributed by atoms with E-state index >= 15 is 0 Å². The molecule has 5 nitrogen and oxygen atoms in total. The Morgan fingerprint density at radius 2 is 1.95 bits per heavy atom. The van der Waals surface area contributed by atoms with Crippen LogP contribution in [0.5, 0.6) is 5.75 Å². The number of ether oxygens (including phenoxy) is 2. The molecule has 0 aromatic heterocycles. The number of methoxy groups -OCH3 is 1. The second kappa shape index (κ2) is 8.41. The van der Waals surface area contributed by atoms with Gasteiger partial charge in [0.2, 0.25) is 0 Å². The Labute approximate surface area is 132 Å². The lowest BCUT2D eigenvalue weighted by molar-refractivity contribution is -0.147. The van der Waals surface area contributed by atoms with Crippen LogP contribution in [0.4, 0.5) is 0 Å². The predicted octanol–water partition coefficient (Wildman–Crippen LogP) is 2.47. The van der Waals surface area contributed by atoms with Gasteiger partial charge in [-0.2, -0.15) is 0 Å². The number of carbonyl (C=O) groups excluding carboxylic acids is 2. The van der Waals surface area contributed by atoms with Crippen LogP contribution in [0.1, 0.15) is 32.8 Å². The van der Waals surface area contributed by atoms with E-state index in [4.69, 9.17) is 9.47 Å². The predicted molar refractivity (Wildman–Crippen MR) is 84.7 cm³/mol. The number of hydrogen-bond acceptors (Lipinski definition) is 4. The van der Waals surface area contributed by atoms with Gasteiger partial charge in [-0.1, -0.05) is 32.4 Å². The summed E-state index contributed by atoms with van der Waals surface area (Å²) < 4.78 is 10.4. The van der Waals surface area contributed by atoms with Crippen molar-refractivity contribution in [1.82, 2.24) is 5.32 Å². The molecule has 0 heterocycles. The molecule has 0 aliphatic carbocycles. The van der Waals surface area contributed by atoms with Gasteiger partial charge in [0.15, 0.2) is 6.10 Å². The first-order valence-electron chi connectivity index (χ1n) is 7.50. The summed E-state index contributed by atoms with van der Waals surface area (Å²) in [5, 5.41) is 2.71. The van der Waals surface area contributed by atoms with Crippen molar-refractivity contribution < 1.29 is 19.1 Å². The summed E-state index contributed by atoms with van der Waals surface area (Å²) in [5.74, 6) is -0.161. The van der Waals surface area contributed by atoms with Gasteiger partial charge < -0.3 is 14.8 Å². The molecular weight excluding hydrogens is 282 g/mol. The number of nitrogens with one attached hydrogen (secondary N) is 1. The largest absolute Gasteiger partial charge is 0.481 e. The fourth-order valence-electron chi connectivity index (χ4n) is 2.01. The number of aryl methyl sites for hydroxylation is 1. The van der Waals surface area contributed by atoms with Crippen LogP contribution >= 0.6 is 0 Å². The summed E-state index contributed by atoms with van der Waals surface area (Å²) >= 11 is 0. The Hall–Kier alpha value is -2.04. The third-order valence-corrected chi connectivity index (χ3v) is 3.64. The molecule has 1 aromatic carbocycles. The van der Waals surface area contributed by atoms with Crippen LogP contribution in [0.3, 0.4) is 0 Å². The highest BCUT2D eigenvalue weighted by molar-refractivity contribution is 5.87. The molecule has 1 amide bonds. The zero-order chi connectivity index (χ0) is 16.7. The van der Waals surface area contributed by atoms with E-state index in [0.717, 1.165) is 12.0 Å². The number of amides is 1. The number of esters is 1. The zero-order valence-electron chi connectivity index (χ0n) is 13.9. The van der Waals surface area contributed by atoms with E-state index in [9.17, 15) is 9.59 Å². The average Bonchev–Trinajstić information content (AvgIpc) is 2.50. The summed E-state index contributed by atoms with van der Waals surface area (Å²) in [5.41, 5.74) is 1.05. The van der Waals surface area contributed by atoms with E-state index < -0.39 is 18.1 Å². The van der Waals surface area contributed by atoms with Gasteiger partial charge in [-0.05, 0) is 37.5 Å². The van der Waals surface area contributed by atoms with Gasteiger partial charge in [-0.3, -0.25) is 4.79 Å². The quantitative estimate of drug-likeness (QED) is 0.786. The molecule has 1 N–H and O–H groups in total. The highest BCUT2D eigenvalue weighted by Gasteiger charge is 2.28. The second-order valence-electron chi connectivity index (χ2n) is 5.47. The minimum Gasteiger partial charge on any atom is -0.481 e. The first-order chi connectivity index (χ1) is 10.4. The molecule has 0 aliphatic rings. The summed E-state index contributed by atoms with van der Waals surface area (Å²) in [7, 11) is 1.32. The summed E-state index contributed by atoms with van der Waals surface area (Å²) in [6.07, 6.45) is 0.0608. The molecule has 0 radical (unpaired) electrons. The third-order valence-electron chi connectivity index (χ3n) is 3.64. The molecule has 1 aromatic rings. The van der Waals surface area contributed by atoms with Crippen molar-refractivity contribution >= 4 is 11.9 Å². The first kappa shape index (κ1) is 18.0. The van der Waals surface area contributed by atoms with Crippen molar-refractivity contribution in [3.8, 4) is 5.75 Å². The van der Waals surface area contributed by atoms with Crippen LogP contribution in [0, 0.1) is 12.8 Å². The van der Waals surface area contributed by atoms with Crippen molar-refractivity contribution in [3.63, 3.8) is 0 Å². The molecule has 0 saturated carbocycles. The molecule has 3 unspecified atom stereocenters. The Morgan fingerprint density at radius 3 is 2.50 bits per heavy atom. The smallest absolute Gasteiger partial charge is 0.328 e. The molecule has 1 rings (SSSR count). The lowest BCUT2D eigenvalue weighted by Gasteiger charge is -2.24. The summed E-state index contributed by atoms with van der Waals surface area (Å²) in [4.78, 5) is 24.0. The Morgan fingerprint density at radius 1 is 1.27 bits per heavy atom. The van der Waals surface area contributed by atoms with Gasteiger partial charge in [-0.15, -0.1) is 0 Å². The number of carbonyl (C=O) groups is 2. The van der Waals surface area contributed by atoms with E-state index in [-0.39, 0.29) is 11.8 Å². The van der Waals surface area contributed by atoms with Gasteiger partial charge in [-0.25, -0.2) is 4.79 Å². The van der Waals surface area contributed by atoms with Gasteiger partial charge in [0.25, 0.3) is 5.91 Å². The monoisotopic (exact) mass is 307 g/mol. The van der Waals surface area contributed by atoms with Gasteiger partial charge in [0.1, 0.15) is 11.8 Å². The van der Waals surface area contributed by atoms with E-state index in [1.807, 2.05) is 39.0 Å². The SMILES string of the molecule is CCC(C)C(NC(=O)C(C)Oc1cccc(C)c1)C(=O)OC. The van der Waals surface area contributed by atoms with Crippen molar-refractivity contribution in [2.45, 2.75) is 46.3 Å². The number of rotatable bonds is 7. The van der Waals surface area contributed by atoms with Crippen LogP contribution in [0.25, 0.3) is 0 Å². The first-order valence-corrected chi connectivity index (χ1v) is 7.50. The van der Waals surface area contributed by atoms with Crippen LogP contribution < -0.4 is 10.1 Å². The van der Waals surface area contributed by atoms with E-state index in [0.29, 0.717) is 5.75 Å². The Kier molecular flexibility index (Phi) is 6.89. The molecule has 3 atom stereocenters. The van der Waals surface area contributed by atoms with Crippen molar-refractivity contribution in [2.24, 2.45) is 5.92 Å². The number of hydrogen-bond donors (Lipinski definition) is 1. The topological polar surface area (TPSA) is 64.6 Å².